The molecule has 1 aliphatic rings. The van der Waals surface area contributed by atoms with Gasteiger partial charge in [0.1, 0.15) is 42.4 Å². The standard InChI is InChI=1S/C52H57BrN4O10/c1-32-26-37(58)27-33(2)43(32)29-46(57-50(62)67-52(3,4)5)48(60)55-25-11-10-24-54-47(59)45(28-34-18-22-38(23-19-34)66-51(63)65-30-35-16-20-36(53)21-17-35)56-49(61)64-31-44-41-14-8-6-12-39(41)40-13-7-9-15-42(40)44/h6-9,12-23,26-27,44-46,58H,10-11,24-25,28-31H2,1-5H3,(H,54,59)(H,55,60)(H,56,61)(H,57,62)/t45-,46-/m0/s1. The Kier molecular flexibility index (Phi) is 17.0. The van der Waals surface area contributed by atoms with Crippen molar-refractivity contribution >= 4 is 46.1 Å². The van der Waals surface area contributed by atoms with Crippen molar-refractivity contribution in [3.63, 3.8) is 0 Å². The van der Waals surface area contributed by atoms with Gasteiger partial charge in [0, 0.05) is 36.3 Å². The number of rotatable bonds is 18. The lowest BCUT2D eigenvalue weighted by Crippen LogP contribution is -2.49. The second-order valence-electron chi connectivity index (χ2n) is 17.4. The Morgan fingerprint density at radius 3 is 1.76 bits per heavy atom. The van der Waals surface area contributed by atoms with E-state index in [0.29, 0.717) is 18.4 Å². The molecule has 0 fully saturated rings. The molecule has 0 saturated heterocycles. The van der Waals surface area contributed by atoms with E-state index < -0.39 is 47.8 Å². The van der Waals surface area contributed by atoms with Crippen LogP contribution in [0.1, 0.15) is 78.5 Å². The minimum absolute atomic E-state index is 0.0342. The molecule has 5 N–H and O–H groups in total. The molecule has 4 amide bonds. The summed E-state index contributed by atoms with van der Waals surface area (Å²) >= 11 is 3.38. The number of aromatic hydroxyl groups is 1. The zero-order valence-corrected chi connectivity index (χ0v) is 39.9. The van der Waals surface area contributed by atoms with E-state index in [2.05, 4.69) is 37.2 Å². The molecule has 67 heavy (non-hydrogen) atoms. The van der Waals surface area contributed by atoms with Gasteiger partial charge in [-0.05, 0) is 134 Å². The first-order valence-corrected chi connectivity index (χ1v) is 23.0. The Morgan fingerprint density at radius 2 is 1.19 bits per heavy atom. The number of ether oxygens (including phenoxy) is 4. The molecule has 14 nitrogen and oxygen atoms in total. The molecule has 0 unspecified atom stereocenters. The molecule has 352 valence electrons. The third kappa shape index (κ3) is 14.6. The first-order chi connectivity index (χ1) is 32.0. The number of phenolic OH excluding ortho intramolecular Hbond substituents is 1. The van der Waals surface area contributed by atoms with Crippen LogP contribution in [0.5, 0.6) is 11.5 Å². The maximum absolute atomic E-state index is 13.8. The number of phenols is 1. The summed E-state index contributed by atoms with van der Waals surface area (Å²) in [5.41, 5.74) is 7.35. The minimum atomic E-state index is -1.04. The van der Waals surface area contributed by atoms with Gasteiger partial charge in [-0.1, -0.05) is 88.7 Å². The van der Waals surface area contributed by atoms with Crippen LogP contribution in [0.25, 0.3) is 11.1 Å². The molecule has 15 heteroatoms. The molecule has 0 radical (unpaired) electrons. The van der Waals surface area contributed by atoms with Crippen molar-refractivity contribution in [3.8, 4) is 22.6 Å². The third-order valence-electron chi connectivity index (χ3n) is 11.1. The molecule has 0 spiro atoms. The number of hydrogen-bond donors (Lipinski definition) is 5. The van der Waals surface area contributed by atoms with E-state index in [1.54, 1.807) is 57.2 Å². The van der Waals surface area contributed by atoms with Crippen LogP contribution in [0.15, 0.2) is 114 Å². The van der Waals surface area contributed by atoms with E-state index >= 15 is 0 Å². The van der Waals surface area contributed by atoms with Gasteiger partial charge in [0.15, 0.2) is 0 Å². The topological polar surface area (TPSA) is 191 Å². The molecule has 0 heterocycles. The second kappa shape index (κ2) is 23.0. The van der Waals surface area contributed by atoms with Crippen LogP contribution in [-0.2, 0) is 43.2 Å². The summed E-state index contributed by atoms with van der Waals surface area (Å²) in [6, 6.07) is 31.1. The fraction of sp³-hybridized carbons (Fsp3) is 0.327. The second-order valence-corrected chi connectivity index (χ2v) is 18.3. The van der Waals surface area contributed by atoms with E-state index in [9.17, 15) is 29.1 Å². The van der Waals surface area contributed by atoms with Crippen LogP contribution in [0.2, 0.25) is 0 Å². The van der Waals surface area contributed by atoms with Crippen LogP contribution in [0.3, 0.4) is 0 Å². The predicted molar refractivity (Wildman–Crippen MR) is 257 cm³/mol. The van der Waals surface area contributed by atoms with Gasteiger partial charge < -0.3 is 45.3 Å². The number of aryl methyl sites for hydroxylation is 2. The van der Waals surface area contributed by atoms with Gasteiger partial charge in [0.05, 0.1) is 0 Å². The third-order valence-corrected chi connectivity index (χ3v) is 11.6. The van der Waals surface area contributed by atoms with Crippen LogP contribution >= 0.6 is 15.9 Å². The van der Waals surface area contributed by atoms with Gasteiger partial charge in [-0.25, -0.2) is 14.4 Å². The number of halogens is 1. The van der Waals surface area contributed by atoms with Crippen molar-refractivity contribution < 1.29 is 48.0 Å². The number of hydrogen-bond acceptors (Lipinski definition) is 10. The lowest BCUT2D eigenvalue weighted by atomic mass is 9.95. The molecule has 2 atom stereocenters. The minimum Gasteiger partial charge on any atom is -0.508 e. The van der Waals surface area contributed by atoms with E-state index in [0.717, 1.165) is 49.0 Å². The Balaban J connectivity index is 1.04. The molecule has 6 rings (SSSR count). The molecule has 5 aromatic rings. The van der Waals surface area contributed by atoms with Crippen molar-refractivity contribution in [2.24, 2.45) is 0 Å². The average Bonchev–Trinajstić information content (AvgIpc) is 3.60. The van der Waals surface area contributed by atoms with Crippen molar-refractivity contribution in [1.82, 2.24) is 21.3 Å². The lowest BCUT2D eigenvalue weighted by Gasteiger charge is -2.24. The van der Waals surface area contributed by atoms with Gasteiger partial charge in [-0.3, -0.25) is 9.59 Å². The quantitative estimate of drug-likeness (QED) is 0.0245. The van der Waals surface area contributed by atoms with Crippen LogP contribution < -0.4 is 26.0 Å². The number of unbranched alkanes of at least 4 members (excludes halogenated alkanes) is 1. The van der Waals surface area contributed by atoms with E-state index in [4.69, 9.17) is 18.9 Å². The summed E-state index contributed by atoms with van der Waals surface area (Å²) in [6.07, 6.45) is -1.14. The molecule has 1 aliphatic carbocycles. The summed E-state index contributed by atoms with van der Waals surface area (Å²) in [4.78, 5) is 65.9. The highest BCUT2D eigenvalue weighted by Crippen LogP contribution is 2.44. The van der Waals surface area contributed by atoms with Gasteiger partial charge in [-0.15, -0.1) is 0 Å². The monoisotopic (exact) mass is 976 g/mol. The first-order valence-electron chi connectivity index (χ1n) is 22.2. The Morgan fingerprint density at radius 1 is 0.672 bits per heavy atom. The summed E-state index contributed by atoms with van der Waals surface area (Å²) in [5.74, 6) is -0.692. The van der Waals surface area contributed by atoms with Crippen molar-refractivity contribution in [1.29, 1.82) is 0 Å². The molecule has 0 aliphatic heterocycles. The van der Waals surface area contributed by atoms with Crippen LogP contribution in [0.4, 0.5) is 14.4 Å². The van der Waals surface area contributed by atoms with Crippen molar-refractivity contribution in [2.45, 2.75) is 90.5 Å². The Labute approximate surface area is 399 Å². The Bertz CT molecular complexity index is 2470. The highest BCUT2D eigenvalue weighted by Gasteiger charge is 2.30. The van der Waals surface area contributed by atoms with E-state index in [-0.39, 0.29) is 56.6 Å². The lowest BCUT2D eigenvalue weighted by molar-refractivity contribution is -0.124. The zero-order valence-electron chi connectivity index (χ0n) is 38.3. The van der Waals surface area contributed by atoms with Crippen LogP contribution in [-0.4, -0.2) is 72.6 Å². The van der Waals surface area contributed by atoms with Gasteiger partial charge in [-0.2, -0.15) is 0 Å². The van der Waals surface area contributed by atoms with Gasteiger partial charge in [0.2, 0.25) is 11.8 Å². The van der Waals surface area contributed by atoms with E-state index in [1.807, 2.05) is 86.6 Å². The molecule has 0 bridgehead atoms. The van der Waals surface area contributed by atoms with Gasteiger partial charge in [0.25, 0.3) is 0 Å². The average molecular weight is 978 g/mol. The van der Waals surface area contributed by atoms with Crippen LogP contribution in [0, 0.1) is 13.8 Å². The summed E-state index contributed by atoms with van der Waals surface area (Å²) in [7, 11) is 0. The summed E-state index contributed by atoms with van der Waals surface area (Å²) in [6.45, 7) is 9.44. The molecule has 0 aromatic heterocycles. The van der Waals surface area contributed by atoms with Crippen molar-refractivity contribution in [2.75, 3.05) is 19.7 Å². The highest BCUT2D eigenvalue weighted by molar-refractivity contribution is 9.10. The number of carbonyl (C=O) groups is 5. The molecule has 0 saturated carbocycles. The van der Waals surface area contributed by atoms with Crippen molar-refractivity contribution in [3.05, 3.63) is 153 Å². The fourth-order valence-electron chi connectivity index (χ4n) is 7.84. The number of amides is 4. The van der Waals surface area contributed by atoms with E-state index in [1.165, 1.54) is 0 Å². The molecule has 5 aromatic carbocycles. The molecular formula is C52H57BrN4O10. The maximum atomic E-state index is 13.8. The number of alkyl carbamates (subject to hydrolysis) is 2. The first kappa shape index (κ1) is 49.6. The zero-order chi connectivity index (χ0) is 48.1. The van der Waals surface area contributed by atoms with Gasteiger partial charge >= 0.3 is 18.3 Å². The largest absolute Gasteiger partial charge is 0.514 e. The fourth-order valence-corrected chi connectivity index (χ4v) is 8.11. The highest BCUT2D eigenvalue weighted by atomic mass is 79.9. The smallest absolute Gasteiger partial charge is 0.508 e. The number of carbonyl (C=O) groups excluding carboxylic acids is 5. The maximum Gasteiger partial charge on any atom is 0.514 e. The predicted octanol–water partition coefficient (Wildman–Crippen LogP) is 9.09. The summed E-state index contributed by atoms with van der Waals surface area (Å²) < 4.78 is 22.7. The number of fused-ring (bicyclic) bond motifs is 3. The SMILES string of the molecule is Cc1cc(O)cc(C)c1C[C@H](NC(=O)OC(C)(C)C)C(=O)NCCCCNC(=O)[C@H](Cc1ccc(OC(=O)OCc2ccc(Br)cc2)cc1)NC(=O)OCC1c2ccccc2-c2ccccc21. The number of nitrogens with one attached hydrogen (secondary N) is 4. The normalized spacial score (nSPS) is 12.7. The molecular weight excluding hydrogens is 920 g/mol. The Hall–Kier alpha value is -6.87. The summed E-state index contributed by atoms with van der Waals surface area (Å²) in [5, 5.41) is 21.3. The number of benzene rings is 5.